The summed E-state index contributed by atoms with van der Waals surface area (Å²) in [7, 11) is -3.45. The van der Waals surface area contributed by atoms with E-state index in [1.54, 1.807) is 17.5 Å². The second-order valence-electron chi connectivity index (χ2n) is 7.19. The number of hydrogen-bond donors (Lipinski definition) is 3. The number of aliphatic imine (C=N–C) groups is 1. The number of nitrogens with one attached hydrogen (secondary N) is 3. The maximum atomic E-state index is 12.2. The summed E-state index contributed by atoms with van der Waals surface area (Å²) >= 11 is 1.20. The van der Waals surface area contributed by atoms with Gasteiger partial charge in [-0.2, -0.15) is 5.10 Å². The van der Waals surface area contributed by atoms with E-state index < -0.39 is 10.0 Å². The van der Waals surface area contributed by atoms with Gasteiger partial charge in [0.25, 0.3) is 0 Å². The molecule has 1 unspecified atom stereocenters. The summed E-state index contributed by atoms with van der Waals surface area (Å²) in [4.78, 5) is 9.13. The quantitative estimate of drug-likeness (QED) is 0.325. The molecule has 0 aromatic carbocycles. The number of aromatic nitrogens is 3. The first kappa shape index (κ1) is 21.7. The molecule has 0 radical (unpaired) electrons. The summed E-state index contributed by atoms with van der Waals surface area (Å²) in [5.41, 5.74) is 0. The van der Waals surface area contributed by atoms with Crippen LogP contribution >= 0.6 is 11.3 Å². The Morgan fingerprint density at radius 2 is 2.28 bits per heavy atom. The lowest BCUT2D eigenvalue weighted by atomic mass is 10.1. The highest BCUT2D eigenvalue weighted by atomic mass is 32.2. The van der Waals surface area contributed by atoms with Crippen LogP contribution in [0.2, 0.25) is 0 Å². The predicted octanol–water partition coefficient (Wildman–Crippen LogP) is 1.31. The molecule has 0 bridgehead atoms. The van der Waals surface area contributed by atoms with E-state index in [2.05, 4.69) is 44.3 Å². The fourth-order valence-corrected chi connectivity index (χ4v) is 5.10. The highest BCUT2D eigenvalue weighted by Gasteiger charge is 2.23. The van der Waals surface area contributed by atoms with E-state index in [1.807, 2.05) is 11.6 Å². The first-order valence-corrected chi connectivity index (χ1v) is 12.3. The molecule has 160 valence electrons. The van der Waals surface area contributed by atoms with Crippen molar-refractivity contribution < 1.29 is 8.42 Å². The Morgan fingerprint density at radius 3 is 2.97 bits per heavy atom. The van der Waals surface area contributed by atoms with E-state index in [-0.39, 0.29) is 12.6 Å². The Kier molecular flexibility index (Phi) is 7.25. The molecule has 1 aliphatic rings. The second kappa shape index (κ2) is 9.68. The van der Waals surface area contributed by atoms with Crippen molar-refractivity contribution in [2.45, 2.75) is 56.3 Å². The molecule has 0 spiro atoms. The molecule has 0 aliphatic carbocycles. The third-order valence-electron chi connectivity index (χ3n) is 4.51. The zero-order valence-corrected chi connectivity index (χ0v) is 18.7. The number of aryl methyl sites for hydroxylation is 1. The summed E-state index contributed by atoms with van der Waals surface area (Å²) < 4.78 is 29.2. The van der Waals surface area contributed by atoms with Crippen molar-refractivity contribution in [3.8, 4) is 0 Å². The average Bonchev–Trinajstić information content (AvgIpc) is 3.35. The lowest BCUT2D eigenvalue weighted by molar-refractivity contribution is 0.391. The summed E-state index contributed by atoms with van der Waals surface area (Å²) in [5, 5.41) is 13.0. The third kappa shape index (κ3) is 5.77. The number of guanidine groups is 1. The van der Waals surface area contributed by atoms with Gasteiger partial charge in [0, 0.05) is 31.5 Å². The summed E-state index contributed by atoms with van der Waals surface area (Å²) in [6, 6.07) is 3.51. The van der Waals surface area contributed by atoms with E-state index in [4.69, 9.17) is 0 Å². The second-order valence-corrected chi connectivity index (χ2v) is 10.1. The summed E-state index contributed by atoms with van der Waals surface area (Å²) in [5.74, 6) is 2.92. The van der Waals surface area contributed by atoms with E-state index in [0.717, 1.165) is 37.6 Å². The van der Waals surface area contributed by atoms with E-state index in [1.165, 1.54) is 11.3 Å². The topological polar surface area (TPSA) is 113 Å². The van der Waals surface area contributed by atoms with Crippen LogP contribution in [0.25, 0.3) is 0 Å². The van der Waals surface area contributed by atoms with Gasteiger partial charge in [0.1, 0.15) is 10.0 Å². The van der Waals surface area contributed by atoms with Crippen LogP contribution in [0, 0.1) is 0 Å². The van der Waals surface area contributed by atoms with E-state index in [9.17, 15) is 8.42 Å². The van der Waals surface area contributed by atoms with Crippen LogP contribution in [0.5, 0.6) is 0 Å². The standard InChI is InChI=1S/C18H29N7O2S2/c1-4-19-18(20-9-10-21-29(26,27)16-6-5-11-28-16)22-14-7-8-15-23-17(13(2)3)24-25(15)12-14/h5-6,11,13-14,21H,4,7-10,12H2,1-3H3,(H2,19,20,22). The van der Waals surface area contributed by atoms with Crippen molar-refractivity contribution in [3.63, 3.8) is 0 Å². The first-order chi connectivity index (χ1) is 13.9. The zero-order valence-electron chi connectivity index (χ0n) is 17.1. The molecule has 3 heterocycles. The molecule has 1 atom stereocenters. The van der Waals surface area contributed by atoms with Crippen LogP contribution in [0.3, 0.4) is 0 Å². The van der Waals surface area contributed by atoms with Gasteiger partial charge in [0.2, 0.25) is 10.0 Å². The van der Waals surface area contributed by atoms with Crippen molar-refractivity contribution in [2.24, 2.45) is 4.99 Å². The van der Waals surface area contributed by atoms with Gasteiger partial charge in [0.15, 0.2) is 11.8 Å². The van der Waals surface area contributed by atoms with Gasteiger partial charge < -0.3 is 10.6 Å². The number of nitrogens with zero attached hydrogens (tertiary/aromatic N) is 4. The Hall–Kier alpha value is -1.98. The number of thiophene rings is 1. The van der Waals surface area contributed by atoms with Gasteiger partial charge in [0.05, 0.1) is 13.1 Å². The monoisotopic (exact) mass is 439 g/mol. The minimum Gasteiger partial charge on any atom is -0.357 e. The molecule has 9 nitrogen and oxygen atoms in total. The fourth-order valence-electron chi connectivity index (χ4n) is 3.04. The molecule has 0 fully saturated rings. The number of hydrogen-bond acceptors (Lipinski definition) is 6. The maximum Gasteiger partial charge on any atom is 0.250 e. The molecule has 11 heteroatoms. The van der Waals surface area contributed by atoms with E-state index >= 15 is 0 Å². The molecule has 0 amide bonds. The van der Waals surface area contributed by atoms with Gasteiger partial charge in [-0.1, -0.05) is 19.9 Å². The van der Waals surface area contributed by atoms with E-state index in [0.29, 0.717) is 22.6 Å². The Balaban J connectivity index is 1.54. The van der Waals surface area contributed by atoms with Crippen LogP contribution in [0.1, 0.15) is 44.8 Å². The summed E-state index contributed by atoms with van der Waals surface area (Å²) in [6.45, 7) is 8.25. The van der Waals surface area contributed by atoms with Crippen LogP contribution < -0.4 is 15.4 Å². The zero-order chi connectivity index (χ0) is 20.9. The number of fused-ring (bicyclic) bond motifs is 1. The first-order valence-electron chi connectivity index (χ1n) is 9.90. The Bertz CT molecular complexity index is 920. The highest BCUT2D eigenvalue weighted by Crippen LogP contribution is 2.17. The smallest absolute Gasteiger partial charge is 0.250 e. The molecular formula is C18H29N7O2S2. The predicted molar refractivity (Wildman–Crippen MR) is 115 cm³/mol. The lowest BCUT2D eigenvalue weighted by Gasteiger charge is -2.25. The van der Waals surface area contributed by atoms with Crippen LogP contribution in [0.4, 0.5) is 0 Å². The van der Waals surface area contributed by atoms with Gasteiger partial charge >= 0.3 is 0 Å². The van der Waals surface area contributed by atoms with Gasteiger partial charge in [-0.3, -0.25) is 4.99 Å². The van der Waals surface area contributed by atoms with Gasteiger partial charge in [-0.25, -0.2) is 22.8 Å². The molecule has 2 aromatic rings. The summed E-state index contributed by atoms with van der Waals surface area (Å²) in [6.07, 6.45) is 1.82. The Morgan fingerprint density at radius 1 is 1.45 bits per heavy atom. The van der Waals surface area contributed by atoms with Crippen LogP contribution in [-0.2, 0) is 23.0 Å². The minimum atomic E-state index is -3.45. The van der Waals surface area contributed by atoms with Gasteiger partial charge in [-0.15, -0.1) is 11.3 Å². The van der Waals surface area contributed by atoms with Crippen LogP contribution in [0.15, 0.2) is 26.7 Å². The lowest BCUT2D eigenvalue weighted by Crippen LogP contribution is -2.47. The molecular weight excluding hydrogens is 410 g/mol. The van der Waals surface area contributed by atoms with Crippen molar-refractivity contribution in [2.75, 3.05) is 19.6 Å². The largest absolute Gasteiger partial charge is 0.357 e. The van der Waals surface area contributed by atoms with Gasteiger partial charge in [-0.05, 0) is 24.8 Å². The molecule has 29 heavy (non-hydrogen) atoms. The molecule has 0 saturated carbocycles. The normalized spacial score (nSPS) is 17.4. The molecule has 3 N–H and O–H groups in total. The van der Waals surface area contributed by atoms with Crippen molar-refractivity contribution in [1.82, 2.24) is 30.1 Å². The van der Waals surface area contributed by atoms with Crippen molar-refractivity contribution >= 4 is 27.3 Å². The van der Waals surface area contributed by atoms with Crippen molar-refractivity contribution in [1.29, 1.82) is 0 Å². The molecule has 3 rings (SSSR count). The Labute approximate surface area is 176 Å². The fraction of sp³-hybridized carbons (Fsp3) is 0.611. The molecule has 2 aromatic heterocycles. The highest BCUT2D eigenvalue weighted by molar-refractivity contribution is 7.91. The average molecular weight is 440 g/mol. The number of rotatable bonds is 8. The maximum absolute atomic E-state index is 12.2. The molecule has 0 saturated heterocycles. The van der Waals surface area contributed by atoms with Crippen LogP contribution in [-0.4, -0.2) is 54.8 Å². The number of sulfonamides is 1. The third-order valence-corrected chi connectivity index (χ3v) is 7.37. The van der Waals surface area contributed by atoms with Crippen molar-refractivity contribution in [3.05, 3.63) is 29.2 Å². The minimum absolute atomic E-state index is 0.199. The molecule has 1 aliphatic heterocycles. The SMILES string of the molecule is CCNC(=NCCNS(=O)(=O)c1cccs1)NC1CCc2nc(C(C)C)nn2C1.